The van der Waals surface area contributed by atoms with E-state index < -0.39 is 27.8 Å². The molecule has 0 aliphatic rings. The third-order valence-corrected chi connectivity index (χ3v) is 4.61. The summed E-state index contributed by atoms with van der Waals surface area (Å²) in [5, 5.41) is 11.2. The second-order valence-electron chi connectivity index (χ2n) is 4.20. The van der Waals surface area contributed by atoms with Crippen LogP contribution in [0.5, 0.6) is 0 Å². The predicted octanol–water partition coefficient (Wildman–Crippen LogP) is 0.310. The van der Waals surface area contributed by atoms with Gasteiger partial charge in [-0.3, -0.25) is 4.79 Å². The summed E-state index contributed by atoms with van der Waals surface area (Å²) in [7, 11) is -2.08. The number of hydrogen-bond donors (Lipinski definition) is 2. The minimum atomic E-state index is -3.31. The van der Waals surface area contributed by atoms with Crippen molar-refractivity contribution in [1.82, 2.24) is 5.32 Å². The number of amides is 1. The van der Waals surface area contributed by atoms with Crippen LogP contribution in [0, 0.1) is 0 Å². The zero-order chi connectivity index (χ0) is 16.0. The fourth-order valence-electron chi connectivity index (χ4n) is 1.54. The highest BCUT2D eigenvalue weighted by atomic mass is 32.2. The molecule has 2 N–H and O–H groups in total. The van der Waals surface area contributed by atoms with Gasteiger partial charge in [-0.25, -0.2) is 13.2 Å². The van der Waals surface area contributed by atoms with Gasteiger partial charge in [-0.2, -0.15) is 0 Å². The predicted molar refractivity (Wildman–Crippen MR) is 74.9 cm³/mol. The van der Waals surface area contributed by atoms with Crippen LogP contribution in [0.25, 0.3) is 0 Å². The third-order valence-electron chi connectivity index (χ3n) is 2.86. The van der Waals surface area contributed by atoms with Crippen molar-refractivity contribution >= 4 is 21.7 Å². The van der Waals surface area contributed by atoms with Crippen LogP contribution in [-0.4, -0.2) is 50.9 Å². The van der Waals surface area contributed by atoms with Crippen LogP contribution in [0.15, 0.2) is 29.2 Å². The number of carbonyl (C=O) groups is 2. The number of sulfone groups is 1. The molecule has 1 amide bonds. The smallest absolute Gasteiger partial charge is 0.334 e. The standard InChI is InChI=1S/C13H17NO6S/c1-3-21(18,19)10-6-4-9(5-7-10)12(15)14-8-11(20-2)13(16)17/h4-7,11H,3,8H2,1-2H3,(H,14,15)(H,16,17). The Hall–Kier alpha value is -1.93. The molecule has 1 atom stereocenters. The number of carboxylic acid groups (broad SMARTS) is 1. The van der Waals surface area contributed by atoms with Crippen LogP contribution in [0.2, 0.25) is 0 Å². The van der Waals surface area contributed by atoms with Crippen molar-refractivity contribution in [1.29, 1.82) is 0 Å². The molecule has 0 fully saturated rings. The van der Waals surface area contributed by atoms with Crippen molar-refractivity contribution in [2.45, 2.75) is 17.9 Å². The molecule has 0 saturated carbocycles. The molecule has 8 heteroatoms. The molecule has 21 heavy (non-hydrogen) atoms. The first-order chi connectivity index (χ1) is 9.81. The van der Waals surface area contributed by atoms with Crippen molar-refractivity contribution in [2.75, 3.05) is 19.4 Å². The fraction of sp³-hybridized carbons (Fsp3) is 0.385. The highest BCUT2D eigenvalue weighted by molar-refractivity contribution is 7.91. The zero-order valence-corrected chi connectivity index (χ0v) is 12.5. The van der Waals surface area contributed by atoms with Gasteiger partial charge in [0, 0.05) is 12.7 Å². The highest BCUT2D eigenvalue weighted by Gasteiger charge is 2.18. The van der Waals surface area contributed by atoms with Crippen molar-refractivity contribution in [3.8, 4) is 0 Å². The van der Waals surface area contributed by atoms with Gasteiger partial charge < -0.3 is 15.2 Å². The summed E-state index contributed by atoms with van der Waals surface area (Å²) in [6.07, 6.45) is -1.13. The molecular formula is C13H17NO6S. The van der Waals surface area contributed by atoms with Crippen molar-refractivity contribution in [3.63, 3.8) is 0 Å². The molecule has 0 radical (unpaired) electrons. The first-order valence-electron chi connectivity index (χ1n) is 6.18. The molecule has 1 unspecified atom stereocenters. The summed E-state index contributed by atoms with van der Waals surface area (Å²) in [6, 6.07) is 5.44. The van der Waals surface area contributed by atoms with Gasteiger partial charge in [-0.1, -0.05) is 6.92 Å². The Bertz CT molecular complexity index is 608. The third kappa shape index (κ3) is 4.54. The van der Waals surface area contributed by atoms with Gasteiger partial charge in [0.2, 0.25) is 0 Å². The number of aliphatic carboxylic acids is 1. The molecule has 0 aliphatic heterocycles. The zero-order valence-electron chi connectivity index (χ0n) is 11.7. The summed E-state index contributed by atoms with van der Waals surface area (Å²) in [6.45, 7) is 1.35. The lowest BCUT2D eigenvalue weighted by Gasteiger charge is -2.11. The molecule has 1 aromatic rings. The van der Waals surface area contributed by atoms with Crippen molar-refractivity contribution in [3.05, 3.63) is 29.8 Å². The lowest BCUT2D eigenvalue weighted by atomic mass is 10.2. The molecule has 0 aromatic heterocycles. The van der Waals surface area contributed by atoms with E-state index in [9.17, 15) is 18.0 Å². The van der Waals surface area contributed by atoms with Gasteiger partial charge in [0.05, 0.1) is 17.2 Å². The Morgan fingerprint density at radius 2 is 1.86 bits per heavy atom. The lowest BCUT2D eigenvalue weighted by Crippen LogP contribution is -2.37. The quantitative estimate of drug-likeness (QED) is 0.749. The van der Waals surface area contributed by atoms with Crippen LogP contribution >= 0.6 is 0 Å². The van der Waals surface area contributed by atoms with E-state index in [2.05, 4.69) is 10.1 Å². The van der Waals surface area contributed by atoms with E-state index in [1.54, 1.807) is 0 Å². The molecule has 116 valence electrons. The maximum atomic E-state index is 11.8. The molecular weight excluding hydrogens is 298 g/mol. The SMILES string of the molecule is CCS(=O)(=O)c1ccc(C(=O)NCC(OC)C(=O)O)cc1. The van der Waals surface area contributed by atoms with E-state index in [1.165, 1.54) is 38.3 Å². The Labute approximate surface area is 122 Å². The van der Waals surface area contributed by atoms with E-state index in [1.807, 2.05) is 0 Å². The fourth-order valence-corrected chi connectivity index (χ4v) is 2.42. The number of nitrogens with one attached hydrogen (secondary N) is 1. The van der Waals surface area contributed by atoms with Crippen LogP contribution < -0.4 is 5.32 Å². The van der Waals surface area contributed by atoms with Crippen LogP contribution in [-0.2, 0) is 19.4 Å². The van der Waals surface area contributed by atoms with Crippen molar-refractivity contribution in [2.24, 2.45) is 0 Å². The molecule has 0 aliphatic carbocycles. The minimum absolute atomic E-state index is 0.0212. The number of benzene rings is 1. The van der Waals surface area contributed by atoms with Gasteiger partial charge in [0.1, 0.15) is 0 Å². The Kier molecular flexibility index (Phi) is 5.86. The van der Waals surface area contributed by atoms with E-state index in [0.717, 1.165) is 0 Å². The maximum Gasteiger partial charge on any atom is 0.334 e. The highest BCUT2D eigenvalue weighted by Crippen LogP contribution is 2.12. The summed E-state index contributed by atoms with van der Waals surface area (Å²) in [5.74, 6) is -1.70. The summed E-state index contributed by atoms with van der Waals surface area (Å²) < 4.78 is 27.9. The average Bonchev–Trinajstić information content (AvgIpc) is 2.47. The number of carboxylic acids is 1. The monoisotopic (exact) mass is 315 g/mol. The first-order valence-corrected chi connectivity index (χ1v) is 7.83. The molecule has 1 aromatic carbocycles. The number of methoxy groups -OCH3 is 1. The van der Waals surface area contributed by atoms with E-state index >= 15 is 0 Å². The van der Waals surface area contributed by atoms with Gasteiger partial charge in [0.15, 0.2) is 15.9 Å². The normalized spacial score (nSPS) is 12.7. The van der Waals surface area contributed by atoms with Gasteiger partial charge in [-0.05, 0) is 24.3 Å². The largest absolute Gasteiger partial charge is 0.479 e. The van der Waals surface area contributed by atoms with Crippen LogP contribution in [0.1, 0.15) is 17.3 Å². The van der Waals surface area contributed by atoms with Gasteiger partial charge in [-0.15, -0.1) is 0 Å². The summed E-state index contributed by atoms with van der Waals surface area (Å²) >= 11 is 0. The van der Waals surface area contributed by atoms with E-state index in [4.69, 9.17) is 5.11 Å². The molecule has 0 saturated heterocycles. The second-order valence-corrected chi connectivity index (χ2v) is 6.48. The molecule has 0 spiro atoms. The van der Waals surface area contributed by atoms with Gasteiger partial charge >= 0.3 is 5.97 Å². The minimum Gasteiger partial charge on any atom is -0.479 e. The van der Waals surface area contributed by atoms with Crippen LogP contribution in [0.4, 0.5) is 0 Å². The van der Waals surface area contributed by atoms with Crippen molar-refractivity contribution < 1.29 is 27.9 Å². The van der Waals surface area contributed by atoms with E-state index in [-0.39, 0.29) is 22.8 Å². The Morgan fingerprint density at radius 3 is 2.29 bits per heavy atom. The first kappa shape index (κ1) is 17.1. The molecule has 0 heterocycles. The summed E-state index contributed by atoms with van der Waals surface area (Å²) in [4.78, 5) is 22.7. The average molecular weight is 315 g/mol. The Morgan fingerprint density at radius 1 is 1.29 bits per heavy atom. The maximum absolute atomic E-state index is 11.8. The topological polar surface area (TPSA) is 110 Å². The number of rotatable bonds is 7. The second kappa shape index (κ2) is 7.19. The molecule has 7 nitrogen and oxygen atoms in total. The van der Waals surface area contributed by atoms with E-state index in [0.29, 0.717) is 0 Å². The summed E-state index contributed by atoms with van der Waals surface area (Å²) in [5.41, 5.74) is 0.241. The van der Waals surface area contributed by atoms with Crippen LogP contribution in [0.3, 0.4) is 0 Å². The number of hydrogen-bond acceptors (Lipinski definition) is 5. The van der Waals surface area contributed by atoms with Gasteiger partial charge in [0.25, 0.3) is 5.91 Å². The molecule has 0 bridgehead atoms. The Balaban J connectivity index is 2.74. The lowest BCUT2D eigenvalue weighted by molar-refractivity contribution is -0.148. The number of carbonyl (C=O) groups excluding carboxylic acids is 1. The number of ether oxygens (including phenoxy) is 1. The molecule has 1 rings (SSSR count).